The topological polar surface area (TPSA) is 55.5 Å². The number of ether oxygens (including phenoxy) is 1. The zero-order chi connectivity index (χ0) is 18.9. The van der Waals surface area contributed by atoms with Crippen LogP contribution in [-0.4, -0.2) is 16.7 Å². The number of aryl methyl sites for hydroxylation is 2. The van der Waals surface area contributed by atoms with E-state index in [-0.39, 0.29) is 0 Å². The van der Waals surface area contributed by atoms with Crippen molar-refractivity contribution in [2.24, 2.45) is 0 Å². The number of oxazole rings is 1. The molecule has 4 heteroatoms. The van der Waals surface area contributed by atoms with E-state index in [2.05, 4.69) is 4.98 Å². The van der Waals surface area contributed by atoms with Crippen molar-refractivity contribution in [1.29, 1.82) is 0 Å². The number of aromatic nitrogens is 1. The fourth-order valence-corrected chi connectivity index (χ4v) is 2.66. The van der Waals surface area contributed by atoms with E-state index in [0.717, 1.165) is 28.1 Å². The molecule has 3 rings (SSSR count). The molecule has 0 fully saturated rings. The molecule has 0 bridgehead atoms. The van der Waals surface area contributed by atoms with Crippen molar-refractivity contribution in [3.8, 4) is 11.5 Å². The summed E-state index contributed by atoms with van der Waals surface area (Å²) in [7, 11) is 0. The Bertz CT molecular complexity index is 786. The first kappa shape index (κ1) is 19.6. The lowest BCUT2D eigenvalue weighted by molar-refractivity contribution is 0.320. The molecule has 3 aromatic rings. The van der Waals surface area contributed by atoms with Gasteiger partial charge in [-0.15, -0.1) is 0 Å². The Kier molecular flexibility index (Phi) is 7.27. The van der Waals surface area contributed by atoms with Crippen LogP contribution >= 0.6 is 0 Å². The molecule has 2 aromatic carbocycles. The number of aromatic hydroxyl groups is 1. The summed E-state index contributed by atoms with van der Waals surface area (Å²) >= 11 is 0. The van der Waals surface area contributed by atoms with E-state index in [4.69, 9.17) is 9.15 Å². The van der Waals surface area contributed by atoms with Gasteiger partial charge in [0, 0.05) is 12.8 Å². The summed E-state index contributed by atoms with van der Waals surface area (Å²) in [4.78, 5) is 4.51. The number of para-hydroxylation sites is 1. The highest BCUT2D eigenvalue weighted by Crippen LogP contribution is 2.24. The molecule has 0 aliphatic heterocycles. The predicted octanol–water partition coefficient (Wildman–Crippen LogP) is 5.24. The van der Waals surface area contributed by atoms with Gasteiger partial charge in [-0.2, -0.15) is 0 Å². The van der Waals surface area contributed by atoms with E-state index >= 15 is 0 Å². The van der Waals surface area contributed by atoms with Crippen LogP contribution in [0.25, 0.3) is 0 Å². The third-order valence-corrected chi connectivity index (χ3v) is 3.88. The molecule has 0 atom stereocenters. The molecule has 0 spiro atoms. The van der Waals surface area contributed by atoms with Crippen LogP contribution in [0.5, 0.6) is 11.5 Å². The van der Waals surface area contributed by atoms with Crippen molar-refractivity contribution in [2.75, 3.05) is 6.61 Å². The Morgan fingerprint density at radius 1 is 1.04 bits per heavy atom. The quantitative estimate of drug-likeness (QED) is 0.659. The molecule has 0 radical (unpaired) electrons. The first-order valence-corrected chi connectivity index (χ1v) is 9.02. The second-order valence-corrected chi connectivity index (χ2v) is 5.90. The second-order valence-electron chi connectivity index (χ2n) is 5.90. The maximum atomic E-state index is 9.84. The van der Waals surface area contributed by atoms with E-state index in [9.17, 15) is 5.11 Å². The standard InChI is InChI=1S/C20H21NO3.C2H6/c1-14-10-16(11-15(2)20(14)22)12-19-21-17(13-24-19)8-9-23-18-6-4-3-5-7-18;1-2/h3-7,10-11,13,22H,8-9,12H2,1-2H3;1-2H3. The molecule has 0 amide bonds. The zero-order valence-electron chi connectivity index (χ0n) is 16.0. The van der Waals surface area contributed by atoms with Crippen LogP contribution in [0.2, 0.25) is 0 Å². The van der Waals surface area contributed by atoms with Gasteiger partial charge in [-0.3, -0.25) is 0 Å². The van der Waals surface area contributed by atoms with Crippen LogP contribution in [0, 0.1) is 13.8 Å². The van der Waals surface area contributed by atoms with Gasteiger partial charge in [0.25, 0.3) is 0 Å². The molecule has 0 aliphatic rings. The average Bonchev–Trinajstić information content (AvgIpc) is 3.09. The van der Waals surface area contributed by atoms with Crippen molar-refractivity contribution >= 4 is 0 Å². The van der Waals surface area contributed by atoms with E-state index in [1.54, 1.807) is 6.26 Å². The van der Waals surface area contributed by atoms with E-state index in [1.807, 2.05) is 70.2 Å². The summed E-state index contributed by atoms with van der Waals surface area (Å²) in [5.74, 6) is 1.88. The third kappa shape index (κ3) is 5.38. The maximum Gasteiger partial charge on any atom is 0.198 e. The molecule has 1 aromatic heterocycles. The fourth-order valence-electron chi connectivity index (χ4n) is 2.66. The first-order chi connectivity index (χ1) is 12.6. The Morgan fingerprint density at radius 3 is 2.35 bits per heavy atom. The molecular formula is C22H27NO3. The van der Waals surface area contributed by atoms with Crippen molar-refractivity contribution in [2.45, 2.75) is 40.5 Å². The Morgan fingerprint density at radius 2 is 1.69 bits per heavy atom. The third-order valence-electron chi connectivity index (χ3n) is 3.88. The number of nitrogens with zero attached hydrogens (tertiary/aromatic N) is 1. The summed E-state index contributed by atoms with van der Waals surface area (Å²) < 4.78 is 11.2. The molecule has 1 N–H and O–H groups in total. The summed E-state index contributed by atoms with van der Waals surface area (Å²) in [5, 5.41) is 9.84. The zero-order valence-corrected chi connectivity index (χ0v) is 16.0. The molecule has 138 valence electrons. The van der Waals surface area contributed by atoms with Gasteiger partial charge in [0.05, 0.1) is 12.3 Å². The Balaban J connectivity index is 0.00000117. The molecular weight excluding hydrogens is 326 g/mol. The number of hydrogen-bond acceptors (Lipinski definition) is 4. The highest BCUT2D eigenvalue weighted by molar-refractivity contribution is 5.42. The van der Waals surface area contributed by atoms with Gasteiger partial charge in [-0.1, -0.05) is 44.2 Å². The molecule has 1 heterocycles. The predicted molar refractivity (Wildman–Crippen MR) is 104 cm³/mol. The fraction of sp³-hybridized carbons (Fsp3) is 0.318. The largest absolute Gasteiger partial charge is 0.507 e. The van der Waals surface area contributed by atoms with E-state index < -0.39 is 0 Å². The molecule has 0 unspecified atom stereocenters. The van der Waals surface area contributed by atoms with E-state index in [0.29, 0.717) is 31.1 Å². The maximum absolute atomic E-state index is 9.84. The first-order valence-electron chi connectivity index (χ1n) is 9.02. The van der Waals surface area contributed by atoms with Crippen LogP contribution in [0.4, 0.5) is 0 Å². The summed E-state index contributed by atoms with van der Waals surface area (Å²) in [6.07, 6.45) is 3.00. The van der Waals surface area contributed by atoms with Crippen molar-refractivity contribution in [3.63, 3.8) is 0 Å². The second kappa shape index (κ2) is 9.66. The average molecular weight is 353 g/mol. The minimum Gasteiger partial charge on any atom is -0.507 e. The minimum absolute atomic E-state index is 0.352. The van der Waals surface area contributed by atoms with Crippen molar-refractivity contribution < 1.29 is 14.3 Å². The normalized spacial score (nSPS) is 10.2. The van der Waals surface area contributed by atoms with Gasteiger partial charge in [0.15, 0.2) is 5.89 Å². The molecule has 0 aliphatic carbocycles. The van der Waals surface area contributed by atoms with Gasteiger partial charge < -0.3 is 14.3 Å². The SMILES string of the molecule is CC.Cc1cc(Cc2nc(CCOc3ccccc3)co2)cc(C)c1O. The van der Waals surface area contributed by atoms with E-state index in [1.165, 1.54) is 0 Å². The number of rotatable bonds is 6. The monoisotopic (exact) mass is 353 g/mol. The highest BCUT2D eigenvalue weighted by atomic mass is 16.5. The van der Waals surface area contributed by atoms with Gasteiger partial charge in [-0.25, -0.2) is 4.98 Å². The summed E-state index contributed by atoms with van der Waals surface area (Å²) in [5.41, 5.74) is 3.70. The van der Waals surface area contributed by atoms with Gasteiger partial charge >= 0.3 is 0 Å². The lowest BCUT2D eigenvalue weighted by atomic mass is 10.0. The Labute approximate surface area is 155 Å². The molecule has 0 saturated heterocycles. The smallest absolute Gasteiger partial charge is 0.198 e. The molecule has 26 heavy (non-hydrogen) atoms. The lowest BCUT2D eigenvalue weighted by Gasteiger charge is -2.06. The van der Waals surface area contributed by atoms with Crippen LogP contribution < -0.4 is 4.74 Å². The minimum atomic E-state index is 0.352. The number of benzene rings is 2. The molecule has 4 nitrogen and oxygen atoms in total. The van der Waals surface area contributed by atoms with Gasteiger partial charge in [0.1, 0.15) is 17.8 Å². The number of phenolic OH excluding ortho intramolecular Hbond substituents is 1. The summed E-state index contributed by atoms with van der Waals surface area (Å²) in [6, 6.07) is 13.7. The number of phenols is 1. The number of hydrogen-bond donors (Lipinski definition) is 1. The van der Waals surface area contributed by atoms with Crippen LogP contribution in [0.15, 0.2) is 53.1 Å². The summed E-state index contributed by atoms with van der Waals surface area (Å²) in [6.45, 7) is 8.36. The molecule has 0 saturated carbocycles. The van der Waals surface area contributed by atoms with Gasteiger partial charge in [0.2, 0.25) is 0 Å². The lowest BCUT2D eigenvalue weighted by Crippen LogP contribution is -2.01. The Hall–Kier alpha value is -2.75. The van der Waals surface area contributed by atoms with Crippen molar-refractivity contribution in [1.82, 2.24) is 4.98 Å². The van der Waals surface area contributed by atoms with Gasteiger partial charge in [-0.05, 0) is 42.7 Å². The van der Waals surface area contributed by atoms with Crippen molar-refractivity contribution in [3.05, 3.63) is 77.0 Å². The van der Waals surface area contributed by atoms with Crippen LogP contribution in [0.1, 0.15) is 42.1 Å². The highest BCUT2D eigenvalue weighted by Gasteiger charge is 2.09. The van der Waals surface area contributed by atoms with Crippen LogP contribution in [0.3, 0.4) is 0 Å². The van der Waals surface area contributed by atoms with Crippen LogP contribution in [-0.2, 0) is 12.8 Å².